The number of nitrogens with two attached hydrogens (primary N) is 2. The molecule has 0 rings (SSSR count). The number of aliphatic carboxylic acids is 1. The van der Waals surface area contributed by atoms with E-state index in [1.54, 1.807) is 0 Å². The fraction of sp³-hybridized carbons (Fsp3) is 0.600. The number of carboxylic acids is 1. The van der Waals surface area contributed by atoms with Crippen LogP contribution in [0.1, 0.15) is 12.8 Å². The fourth-order valence-corrected chi connectivity index (χ4v) is 0.421. The molecular weight excluding hydrogens is 135 g/mol. The molecule has 0 bridgehead atoms. The van der Waals surface area contributed by atoms with Crippen LogP contribution in [0.2, 0.25) is 0 Å². The van der Waals surface area contributed by atoms with Gasteiger partial charge in [-0.1, -0.05) is 0 Å². The van der Waals surface area contributed by atoms with Crippen LogP contribution in [-0.2, 0) is 9.59 Å². The Morgan fingerprint density at radius 3 is 2.30 bits per heavy atom. The van der Waals surface area contributed by atoms with E-state index < -0.39 is 17.9 Å². The summed E-state index contributed by atoms with van der Waals surface area (Å²) in [6, 6.07) is -0.979. The number of hydrogen-bond acceptors (Lipinski definition) is 3. The van der Waals surface area contributed by atoms with Crippen LogP contribution in [-0.4, -0.2) is 23.0 Å². The molecule has 0 heterocycles. The SMILES string of the molecule is NC(=O)CCC(N)[11C](=O)O. The molecule has 0 aliphatic rings. The van der Waals surface area contributed by atoms with E-state index in [0.29, 0.717) is 0 Å². The minimum atomic E-state index is -1.11. The molecule has 0 radical (unpaired) electrons. The van der Waals surface area contributed by atoms with E-state index in [1.165, 1.54) is 0 Å². The number of hydrogen-bond donors (Lipinski definition) is 3. The lowest BCUT2D eigenvalue weighted by Gasteiger charge is -2.01. The molecule has 5 N–H and O–H groups in total. The second-order valence-electron chi connectivity index (χ2n) is 1.95. The van der Waals surface area contributed by atoms with Gasteiger partial charge in [-0.25, -0.2) is 0 Å². The Labute approximate surface area is 58.0 Å². The van der Waals surface area contributed by atoms with Crippen LogP contribution < -0.4 is 11.5 Å². The molecule has 58 valence electrons. The first-order valence-corrected chi connectivity index (χ1v) is 2.80. The second-order valence-corrected chi connectivity index (χ2v) is 1.95. The van der Waals surface area contributed by atoms with Gasteiger partial charge in [-0.05, 0) is 6.42 Å². The number of amides is 1. The van der Waals surface area contributed by atoms with Gasteiger partial charge in [0.05, 0.1) is 0 Å². The van der Waals surface area contributed by atoms with Crippen molar-refractivity contribution in [2.75, 3.05) is 0 Å². The number of primary amides is 1. The molecule has 5 nitrogen and oxygen atoms in total. The Balaban J connectivity index is 3.49. The predicted octanol–water partition coefficient (Wildman–Crippen LogP) is -1.34. The minimum absolute atomic E-state index is 0.0213. The quantitative estimate of drug-likeness (QED) is 0.455. The fourth-order valence-electron chi connectivity index (χ4n) is 0.421. The molecule has 1 amide bonds. The summed E-state index contributed by atoms with van der Waals surface area (Å²) in [4.78, 5) is 20.1. The first kappa shape index (κ1) is 8.90. The first-order chi connectivity index (χ1) is 4.54. The van der Waals surface area contributed by atoms with Gasteiger partial charge in [0.25, 0.3) is 0 Å². The summed E-state index contributed by atoms with van der Waals surface area (Å²) in [6.45, 7) is 0. The van der Waals surface area contributed by atoms with Gasteiger partial charge >= 0.3 is 5.97 Å². The summed E-state index contributed by atoms with van der Waals surface area (Å²) >= 11 is 0. The topological polar surface area (TPSA) is 106 Å². The zero-order valence-electron chi connectivity index (χ0n) is 5.41. The molecule has 0 saturated heterocycles. The van der Waals surface area contributed by atoms with E-state index in [-0.39, 0.29) is 12.8 Å². The Bertz CT molecular complexity index is 146. The molecule has 0 spiro atoms. The highest BCUT2D eigenvalue weighted by molar-refractivity contribution is 5.76. The second kappa shape index (κ2) is 3.84. The maximum atomic E-state index is 10.1. The monoisotopic (exact) mass is 145 g/mol. The third-order valence-corrected chi connectivity index (χ3v) is 1.02. The third-order valence-electron chi connectivity index (χ3n) is 1.02. The van der Waals surface area contributed by atoms with Gasteiger partial charge in [0.1, 0.15) is 6.04 Å². The molecule has 0 saturated carbocycles. The predicted molar refractivity (Wildman–Crippen MR) is 34.0 cm³/mol. The summed E-state index contributed by atoms with van der Waals surface area (Å²) < 4.78 is 0. The standard InChI is InChI=1S/C5H10N2O3/c6-3(5(9)10)1-2-4(7)8/h3H,1-2,6H2,(H2,7,8)(H,9,10)/i5-1. The van der Waals surface area contributed by atoms with Crippen molar-refractivity contribution in [2.45, 2.75) is 18.9 Å². The molecule has 1 unspecified atom stereocenters. The van der Waals surface area contributed by atoms with Crippen LogP contribution in [0.4, 0.5) is 0 Å². The van der Waals surface area contributed by atoms with Gasteiger partial charge < -0.3 is 16.6 Å². The smallest absolute Gasteiger partial charge is 0.320 e. The van der Waals surface area contributed by atoms with Crippen molar-refractivity contribution in [3.63, 3.8) is 0 Å². The van der Waals surface area contributed by atoms with E-state index in [9.17, 15) is 9.59 Å². The lowest BCUT2D eigenvalue weighted by Crippen LogP contribution is -2.31. The molecule has 10 heavy (non-hydrogen) atoms. The summed E-state index contributed by atoms with van der Waals surface area (Å²) in [5.74, 6) is -1.64. The Morgan fingerprint density at radius 1 is 1.50 bits per heavy atom. The van der Waals surface area contributed by atoms with Crippen LogP contribution in [0.15, 0.2) is 0 Å². The summed E-state index contributed by atoms with van der Waals surface area (Å²) in [7, 11) is 0. The summed E-state index contributed by atoms with van der Waals surface area (Å²) in [6.07, 6.45) is 0.123. The van der Waals surface area contributed by atoms with Crippen LogP contribution >= 0.6 is 0 Å². The highest BCUT2D eigenvalue weighted by Crippen LogP contribution is 1.92. The van der Waals surface area contributed by atoms with E-state index in [2.05, 4.69) is 0 Å². The van der Waals surface area contributed by atoms with Crippen LogP contribution in [0, 0.1) is 0 Å². The lowest BCUT2D eigenvalue weighted by atomic mass is 9.91. The van der Waals surface area contributed by atoms with Gasteiger partial charge in [-0.2, -0.15) is 0 Å². The normalized spacial score (nSPS) is 12.5. The van der Waals surface area contributed by atoms with Crippen molar-refractivity contribution in [2.24, 2.45) is 11.5 Å². The van der Waals surface area contributed by atoms with E-state index in [4.69, 9.17) is 16.6 Å². The number of rotatable bonds is 4. The zero-order chi connectivity index (χ0) is 8.15. The van der Waals surface area contributed by atoms with Crippen LogP contribution in [0.3, 0.4) is 0 Å². The molecule has 1 atom stereocenters. The molecular formula is C5H10N2O3. The maximum absolute atomic E-state index is 10.1. The Kier molecular flexibility index (Phi) is 3.42. The van der Waals surface area contributed by atoms with E-state index in [1.807, 2.05) is 0 Å². The third kappa shape index (κ3) is 3.85. The molecule has 0 aliphatic carbocycles. The van der Waals surface area contributed by atoms with Crippen LogP contribution in [0.25, 0.3) is 0 Å². The van der Waals surface area contributed by atoms with Gasteiger partial charge in [-0.15, -0.1) is 0 Å². The Morgan fingerprint density at radius 2 is 2.00 bits per heavy atom. The van der Waals surface area contributed by atoms with Gasteiger partial charge in [0.15, 0.2) is 0 Å². The molecule has 0 aromatic rings. The first-order valence-electron chi connectivity index (χ1n) is 2.80. The lowest BCUT2D eigenvalue weighted by molar-refractivity contribution is -0.138. The van der Waals surface area contributed by atoms with E-state index in [0.717, 1.165) is 0 Å². The largest absolute Gasteiger partial charge is 0.480 e. The van der Waals surface area contributed by atoms with Crippen molar-refractivity contribution >= 4 is 11.9 Å². The van der Waals surface area contributed by atoms with Gasteiger partial charge in [0.2, 0.25) is 5.91 Å². The molecule has 0 aromatic carbocycles. The van der Waals surface area contributed by atoms with Crippen molar-refractivity contribution in [3.8, 4) is 0 Å². The molecule has 0 fully saturated rings. The van der Waals surface area contributed by atoms with Crippen molar-refractivity contribution in [1.29, 1.82) is 0 Å². The van der Waals surface area contributed by atoms with Gasteiger partial charge in [0, 0.05) is 6.42 Å². The highest BCUT2D eigenvalue weighted by atomic mass is 16.3. The number of carboxylic acid groups (broad SMARTS) is 1. The van der Waals surface area contributed by atoms with Crippen molar-refractivity contribution < 1.29 is 14.7 Å². The number of carbonyl (C=O) groups excluding carboxylic acids is 1. The van der Waals surface area contributed by atoms with Crippen molar-refractivity contribution in [1.82, 2.24) is 0 Å². The van der Waals surface area contributed by atoms with Gasteiger partial charge in [-0.3, -0.25) is 9.59 Å². The summed E-state index contributed by atoms with van der Waals surface area (Å²) in [5, 5.41) is 8.22. The van der Waals surface area contributed by atoms with E-state index >= 15 is 0 Å². The van der Waals surface area contributed by atoms with Crippen molar-refractivity contribution in [3.05, 3.63) is 0 Å². The van der Waals surface area contributed by atoms with Crippen LogP contribution in [0.5, 0.6) is 0 Å². The average Bonchev–Trinajstić information content (AvgIpc) is 1.82. The molecule has 0 aromatic heterocycles. The minimum Gasteiger partial charge on any atom is -0.480 e. The average molecular weight is 145 g/mol. The highest BCUT2D eigenvalue weighted by Gasteiger charge is 2.11. The molecule has 5 heteroatoms. The Hall–Kier alpha value is -1.10. The maximum Gasteiger partial charge on any atom is 0.320 e. The number of carbonyl (C=O) groups is 2. The zero-order valence-corrected chi connectivity index (χ0v) is 5.41. The summed E-state index contributed by atoms with van der Waals surface area (Å²) in [5.41, 5.74) is 9.81. The molecule has 0 aliphatic heterocycles.